The third-order valence-corrected chi connectivity index (χ3v) is 7.54. The first-order chi connectivity index (χ1) is 18.5. The Morgan fingerprint density at radius 2 is 1.63 bits per heavy atom. The Bertz CT molecular complexity index is 1400. The van der Waals surface area contributed by atoms with Crippen LogP contribution >= 0.6 is 35.0 Å². The number of benzene rings is 2. The van der Waals surface area contributed by atoms with Gasteiger partial charge in [-0.3, -0.25) is 9.78 Å². The Labute approximate surface area is 236 Å². The number of piperazine rings is 1. The number of carbonyl (C=O) groups excluding carboxylic acids is 1. The molecule has 194 valence electrons. The highest BCUT2D eigenvalue weighted by atomic mass is 35.5. The molecule has 0 radical (unpaired) electrons. The second kappa shape index (κ2) is 12.5. The Morgan fingerprint density at radius 3 is 2.42 bits per heavy atom. The van der Waals surface area contributed by atoms with E-state index in [-0.39, 0.29) is 5.91 Å². The van der Waals surface area contributed by atoms with Gasteiger partial charge in [-0.25, -0.2) is 9.97 Å². The van der Waals surface area contributed by atoms with Crippen LogP contribution in [0.5, 0.6) is 0 Å². The lowest BCUT2D eigenvalue weighted by Crippen LogP contribution is -2.46. The highest BCUT2D eigenvalue weighted by molar-refractivity contribution is 7.98. The summed E-state index contributed by atoms with van der Waals surface area (Å²) >= 11 is 14.0. The molecule has 0 unspecified atom stereocenters. The lowest BCUT2D eigenvalue weighted by Gasteiger charge is -2.36. The summed E-state index contributed by atoms with van der Waals surface area (Å²) in [7, 11) is 0. The molecule has 0 spiro atoms. The van der Waals surface area contributed by atoms with Gasteiger partial charge in [-0.1, -0.05) is 53.2 Å². The predicted octanol–water partition coefficient (Wildman–Crippen LogP) is 5.73. The first kappa shape index (κ1) is 26.3. The van der Waals surface area contributed by atoms with Crippen molar-refractivity contribution >= 4 is 52.4 Å². The number of carbonyl (C=O) groups is 1. The first-order valence-electron chi connectivity index (χ1n) is 12.2. The molecule has 10 heteroatoms. The third kappa shape index (κ3) is 6.95. The van der Waals surface area contributed by atoms with E-state index in [0.29, 0.717) is 28.2 Å². The first-order valence-corrected chi connectivity index (χ1v) is 14.0. The second-order valence-corrected chi connectivity index (χ2v) is 10.6. The number of pyridine rings is 1. The zero-order valence-corrected chi connectivity index (χ0v) is 22.9. The van der Waals surface area contributed by atoms with E-state index in [9.17, 15) is 4.79 Å². The monoisotopic (exact) mass is 564 g/mol. The number of nitrogens with one attached hydrogen (secondary N) is 1. The second-order valence-electron chi connectivity index (χ2n) is 8.81. The Hall–Kier alpha value is -3.33. The summed E-state index contributed by atoms with van der Waals surface area (Å²) in [6.45, 7) is 3.81. The van der Waals surface area contributed by atoms with Gasteiger partial charge in [0.1, 0.15) is 11.0 Å². The number of hydrogen-bond acceptors (Lipinski definition) is 7. The van der Waals surface area contributed by atoms with Crippen molar-refractivity contribution in [2.45, 2.75) is 17.5 Å². The minimum atomic E-state index is -0.119. The molecule has 0 aliphatic carbocycles. The van der Waals surface area contributed by atoms with Gasteiger partial charge in [0.25, 0.3) is 5.91 Å². The maximum atomic E-state index is 12.6. The summed E-state index contributed by atoms with van der Waals surface area (Å²) in [4.78, 5) is 30.4. The SMILES string of the molecule is O=C(NCc1ccncc1)c1cccc(CSc2nc(Cl)cc(N3CCN(c4cccc(Cl)c4)CC3)n2)c1. The molecule has 5 rings (SSSR count). The molecule has 1 aliphatic heterocycles. The molecule has 7 nitrogen and oxygen atoms in total. The molecule has 1 fully saturated rings. The number of aromatic nitrogens is 3. The zero-order valence-electron chi connectivity index (χ0n) is 20.6. The lowest BCUT2D eigenvalue weighted by atomic mass is 10.1. The number of nitrogens with zero attached hydrogens (tertiary/aromatic N) is 5. The highest BCUT2D eigenvalue weighted by Crippen LogP contribution is 2.27. The molecule has 3 heterocycles. The van der Waals surface area contributed by atoms with Gasteiger partial charge in [0.05, 0.1) is 0 Å². The molecule has 2 aromatic carbocycles. The predicted molar refractivity (Wildman–Crippen MR) is 154 cm³/mol. The number of thioether (sulfide) groups is 1. The van der Waals surface area contributed by atoms with E-state index in [0.717, 1.165) is 53.8 Å². The maximum Gasteiger partial charge on any atom is 0.251 e. The fourth-order valence-corrected chi connectivity index (χ4v) is 5.42. The van der Waals surface area contributed by atoms with E-state index in [1.807, 2.05) is 60.7 Å². The van der Waals surface area contributed by atoms with Gasteiger partial charge in [-0.2, -0.15) is 0 Å². The van der Waals surface area contributed by atoms with Crippen molar-refractivity contribution in [3.05, 3.63) is 106 Å². The fourth-order valence-electron chi connectivity index (χ4n) is 4.21. The van der Waals surface area contributed by atoms with Crippen molar-refractivity contribution in [2.75, 3.05) is 36.0 Å². The van der Waals surface area contributed by atoms with E-state index in [2.05, 4.69) is 31.2 Å². The van der Waals surface area contributed by atoms with Gasteiger partial charge in [-0.15, -0.1) is 0 Å². The average molecular weight is 566 g/mol. The number of rotatable bonds is 8. The molecule has 1 saturated heterocycles. The molecule has 38 heavy (non-hydrogen) atoms. The number of hydrogen-bond donors (Lipinski definition) is 1. The van der Waals surface area contributed by atoms with Crippen LogP contribution in [0.3, 0.4) is 0 Å². The molecule has 0 bridgehead atoms. The van der Waals surface area contributed by atoms with Crippen LogP contribution < -0.4 is 15.1 Å². The normalized spacial score (nSPS) is 13.4. The number of amides is 1. The molecule has 1 N–H and O–H groups in total. The molecular weight excluding hydrogens is 539 g/mol. The Kier molecular flexibility index (Phi) is 8.63. The van der Waals surface area contributed by atoms with Crippen LogP contribution in [0.2, 0.25) is 10.2 Å². The summed E-state index contributed by atoms with van der Waals surface area (Å²) in [6, 6.07) is 21.1. The van der Waals surface area contributed by atoms with Gasteiger partial charge >= 0.3 is 0 Å². The van der Waals surface area contributed by atoms with Crippen molar-refractivity contribution in [1.82, 2.24) is 20.3 Å². The minimum absolute atomic E-state index is 0.119. The number of anilines is 2. The topological polar surface area (TPSA) is 74.2 Å². The third-order valence-electron chi connectivity index (χ3n) is 6.20. The standard InChI is InChI=1S/C28H26Cl2N6OS/c29-23-5-2-6-24(16-23)35-11-13-36(14-12-35)26-17-25(30)33-28(34-26)38-19-21-3-1-4-22(15-21)27(37)32-18-20-7-9-31-10-8-20/h1-10,15-17H,11-14,18-19H2,(H,32,37). The van der Waals surface area contributed by atoms with Crippen molar-refractivity contribution in [3.8, 4) is 0 Å². The number of halogens is 2. The molecule has 4 aromatic rings. The van der Waals surface area contributed by atoms with E-state index < -0.39 is 0 Å². The Balaban J connectivity index is 1.18. The van der Waals surface area contributed by atoms with E-state index in [1.54, 1.807) is 12.4 Å². The average Bonchev–Trinajstić information content (AvgIpc) is 2.95. The van der Waals surface area contributed by atoms with Crippen LogP contribution in [0.1, 0.15) is 21.5 Å². The van der Waals surface area contributed by atoms with Crippen LogP contribution in [0.15, 0.2) is 84.3 Å². The van der Waals surface area contributed by atoms with Gasteiger partial charge in [0.15, 0.2) is 5.16 Å². The quantitative estimate of drug-likeness (QED) is 0.166. The van der Waals surface area contributed by atoms with Gasteiger partial charge in [0.2, 0.25) is 0 Å². The van der Waals surface area contributed by atoms with Crippen molar-refractivity contribution in [2.24, 2.45) is 0 Å². The minimum Gasteiger partial charge on any atom is -0.368 e. The summed E-state index contributed by atoms with van der Waals surface area (Å²) in [5.74, 6) is 1.32. The Morgan fingerprint density at radius 1 is 0.868 bits per heavy atom. The highest BCUT2D eigenvalue weighted by Gasteiger charge is 2.20. The molecule has 0 atom stereocenters. The molecule has 2 aromatic heterocycles. The van der Waals surface area contributed by atoms with E-state index >= 15 is 0 Å². The van der Waals surface area contributed by atoms with E-state index in [1.165, 1.54) is 11.8 Å². The summed E-state index contributed by atoms with van der Waals surface area (Å²) in [6.07, 6.45) is 3.42. The molecular formula is C28H26Cl2N6OS. The van der Waals surface area contributed by atoms with Crippen LogP contribution in [-0.2, 0) is 12.3 Å². The summed E-state index contributed by atoms with van der Waals surface area (Å²) in [5, 5.41) is 4.72. The van der Waals surface area contributed by atoms with Crippen LogP contribution in [-0.4, -0.2) is 47.0 Å². The van der Waals surface area contributed by atoms with Gasteiger partial charge in [0, 0.05) is 73.2 Å². The van der Waals surface area contributed by atoms with Crippen LogP contribution in [0, 0.1) is 0 Å². The lowest BCUT2D eigenvalue weighted by molar-refractivity contribution is 0.0951. The van der Waals surface area contributed by atoms with Gasteiger partial charge in [-0.05, 0) is 53.6 Å². The zero-order chi connectivity index (χ0) is 26.3. The smallest absolute Gasteiger partial charge is 0.251 e. The molecule has 1 amide bonds. The largest absolute Gasteiger partial charge is 0.368 e. The van der Waals surface area contributed by atoms with E-state index in [4.69, 9.17) is 28.2 Å². The fraction of sp³-hybridized carbons (Fsp3) is 0.214. The molecule has 0 saturated carbocycles. The maximum absolute atomic E-state index is 12.6. The van der Waals surface area contributed by atoms with Crippen LogP contribution in [0.25, 0.3) is 0 Å². The van der Waals surface area contributed by atoms with Crippen molar-refractivity contribution in [1.29, 1.82) is 0 Å². The van der Waals surface area contributed by atoms with Crippen molar-refractivity contribution in [3.63, 3.8) is 0 Å². The summed E-state index contributed by atoms with van der Waals surface area (Å²) < 4.78 is 0. The molecule has 1 aliphatic rings. The van der Waals surface area contributed by atoms with Crippen LogP contribution in [0.4, 0.5) is 11.5 Å². The van der Waals surface area contributed by atoms with Crippen molar-refractivity contribution < 1.29 is 4.79 Å². The summed E-state index contributed by atoms with van der Waals surface area (Å²) in [5.41, 5.74) is 3.75. The van der Waals surface area contributed by atoms with Gasteiger partial charge < -0.3 is 15.1 Å².